The van der Waals surface area contributed by atoms with E-state index >= 15 is 0 Å². The predicted molar refractivity (Wildman–Crippen MR) is 108 cm³/mol. The molecule has 1 heterocycles. The molecule has 1 fully saturated rings. The summed E-state index contributed by atoms with van der Waals surface area (Å²) in [6.07, 6.45) is 6.11. The molecule has 1 aromatic heterocycles. The Bertz CT molecular complexity index is 876. The molecular weight excluding hydrogens is 358 g/mol. The Hall–Kier alpha value is -2.83. The number of anilines is 1. The number of aryl methyl sites for hydroxylation is 1. The zero-order valence-electron chi connectivity index (χ0n) is 16.2. The average molecular weight is 385 g/mol. The van der Waals surface area contributed by atoms with E-state index in [2.05, 4.69) is 10.3 Å². The van der Waals surface area contributed by atoms with Crippen LogP contribution >= 0.6 is 0 Å². The van der Waals surface area contributed by atoms with Gasteiger partial charge < -0.3 is 20.9 Å². The lowest BCUT2D eigenvalue weighted by Gasteiger charge is -2.20. The minimum Gasteiger partial charge on any atom is -0.493 e. The Balaban J connectivity index is 1.61. The van der Waals surface area contributed by atoms with Crippen LogP contribution in [0.5, 0.6) is 5.75 Å². The van der Waals surface area contributed by atoms with Crippen LogP contribution in [0.2, 0.25) is 0 Å². The SMILES string of the molecule is Cc1nc2cccc(OCCCNC(=O)C3CCCCC3)c2c(N)c1C(=O)O. The summed E-state index contributed by atoms with van der Waals surface area (Å²) >= 11 is 0. The van der Waals surface area contributed by atoms with E-state index in [4.69, 9.17) is 10.5 Å². The van der Waals surface area contributed by atoms with Gasteiger partial charge in [0.25, 0.3) is 0 Å². The van der Waals surface area contributed by atoms with E-state index in [1.54, 1.807) is 25.1 Å². The fraction of sp³-hybridized carbons (Fsp3) is 0.476. The molecule has 7 heteroatoms. The minimum absolute atomic E-state index is 0.00305. The number of nitrogens with zero attached hydrogens (tertiary/aromatic N) is 1. The number of rotatable bonds is 7. The Kier molecular flexibility index (Phi) is 6.34. The van der Waals surface area contributed by atoms with Crippen molar-refractivity contribution >= 4 is 28.5 Å². The molecule has 1 saturated carbocycles. The van der Waals surface area contributed by atoms with E-state index in [0.717, 1.165) is 25.7 Å². The summed E-state index contributed by atoms with van der Waals surface area (Å²) in [5.41, 5.74) is 7.26. The van der Waals surface area contributed by atoms with Gasteiger partial charge >= 0.3 is 5.97 Å². The fourth-order valence-corrected chi connectivity index (χ4v) is 3.81. The molecule has 0 atom stereocenters. The van der Waals surface area contributed by atoms with Crippen LogP contribution < -0.4 is 15.8 Å². The first-order valence-electron chi connectivity index (χ1n) is 9.81. The number of fused-ring (bicyclic) bond motifs is 1. The van der Waals surface area contributed by atoms with Gasteiger partial charge in [-0.15, -0.1) is 0 Å². The molecule has 1 aromatic carbocycles. The molecule has 7 nitrogen and oxygen atoms in total. The standard InChI is InChI=1S/C21H27N3O4/c1-13-17(21(26)27)19(22)18-15(24-13)9-5-10-16(18)28-12-6-11-23-20(25)14-7-3-2-4-8-14/h5,9-10,14H,2-4,6-8,11-12H2,1H3,(H2,22,24)(H,23,25)(H,26,27). The van der Waals surface area contributed by atoms with Crippen LogP contribution in [0, 0.1) is 12.8 Å². The molecule has 0 spiro atoms. The number of nitrogen functional groups attached to an aromatic ring is 1. The van der Waals surface area contributed by atoms with E-state index in [-0.39, 0.29) is 23.1 Å². The lowest BCUT2D eigenvalue weighted by molar-refractivity contribution is -0.125. The van der Waals surface area contributed by atoms with Gasteiger partial charge in [0.1, 0.15) is 11.3 Å². The van der Waals surface area contributed by atoms with Crippen molar-refractivity contribution in [3.8, 4) is 5.75 Å². The Morgan fingerprint density at radius 3 is 2.75 bits per heavy atom. The lowest BCUT2D eigenvalue weighted by atomic mass is 9.89. The number of nitrogens with one attached hydrogen (secondary N) is 1. The van der Waals surface area contributed by atoms with Gasteiger partial charge in [0.15, 0.2) is 0 Å². The maximum atomic E-state index is 12.2. The van der Waals surface area contributed by atoms with Crippen molar-refractivity contribution in [2.45, 2.75) is 45.4 Å². The van der Waals surface area contributed by atoms with Crippen LogP contribution in [0.4, 0.5) is 5.69 Å². The largest absolute Gasteiger partial charge is 0.493 e. The molecule has 3 rings (SSSR count). The van der Waals surface area contributed by atoms with Crippen molar-refractivity contribution in [2.75, 3.05) is 18.9 Å². The number of hydrogen-bond donors (Lipinski definition) is 3. The van der Waals surface area contributed by atoms with Crippen molar-refractivity contribution in [2.24, 2.45) is 5.92 Å². The van der Waals surface area contributed by atoms with Crippen LogP contribution in [0.3, 0.4) is 0 Å². The Labute approximate surface area is 164 Å². The number of aromatic carboxylic acids is 1. The number of carbonyl (C=O) groups excluding carboxylic acids is 1. The second-order valence-electron chi connectivity index (χ2n) is 7.27. The van der Waals surface area contributed by atoms with Crippen molar-refractivity contribution in [3.05, 3.63) is 29.5 Å². The molecule has 0 aliphatic heterocycles. The highest BCUT2D eigenvalue weighted by molar-refractivity contribution is 6.06. The molecule has 0 radical (unpaired) electrons. The smallest absolute Gasteiger partial charge is 0.339 e. The minimum atomic E-state index is -1.11. The first kappa shape index (κ1) is 19.9. The molecule has 4 N–H and O–H groups in total. The molecule has 1 amide bonds. The molecule has 1 aliphatic rings. The van der Waals surface area contributed by atoms with Crippen LogP contribution in [-0.2, 0) is 4.79 Å². The molecule has 0 bridgehead atoms. The van der Waals surface area contributed by atoms with Gasteiger partial charge in [-0.2, -0.15) is 0 Å². The Morgan fingerprint density at radius 1 is 1.29 bits per heavy atom. The van der Waals surface area contributed by atoms with Gasteiger partial charge in [0, 0.05) is 12.5 Å². The second-order valence-corrected chi connectivity index (χ2v) is 7.27. The van der Waals surface area contributed by atoms with Crippen LogP contribution in [0.25, 0.3) is 10.9 Å². The number of benzene rings is 1. The highest BCUT2D eigenvalue weighted by Crippen LogP contribution is 2.33. The van der Waals surface area contributed by atoms with Crippen LogP contribution in [0.15, 0.2) is 18.2 Å². The number of pyridine rings is 1. The van der Waals surface area contributed by atoms with E-state index in [9.17, 15) is 14.7 Å². The molecular formula is C21H27N3O4. The van der Waals surface area contributed by atoms with Crippen molar-refractivity contribution in [1.29, 1.82) is 0 Å². The first-order chi connectivity index (χ1) is 13.5. The van der Waals surface area contributed by atoms with Gasteiger partial charge in [-0.1, -0.05) is 25.3 Å². The first-order valence-corrected chi connectivity index (χ1v) is 9.81. The third-order valence-electron chi connectivity index (χ3n) is 5.26. The maximum Gasteiger partial charge on any atom is 0.339 e. The second kappa shape index (κ2) is 8.91. The van der Waals surface area contributed by atoms with Gasteiger partial charge in [0.2, 0.25) is 5.91 Å². The summed E-state index contributed by atoms with van der Waals surface area (Å²) in [6, 6.07) is 5.33. The molecule has 2 aromatic rings. The van der Waals surface area contributed by atoms with Crippen molar-refractivity contribution < 1.29 is 19.4 Å². The maximum absolute atomic E-state index is 12.2. The average Bonchev–Trinajstić information content (AvgIpc) is 2.67. The number of aromatic nitrogens is 1. The fourth-order valence-electron chi connectivity index (χ4n) is 3.81. The summed E-state index contributed by atoms with van der Waals surface area (Å²) in [6.45, 7) is 2.56. The van der Waals surface area contributed by atoms with Gasteiger partial charge in [-0.25, -0.2) is 4.79 Å². The number of hydrogen-bond acceptors (Lipinski definition) is 5. The molecule has 28 heavy (non-hydrogen) atoms. The van der Waals surface area contributed by atoms with E-state index in [1.807, 2.05) is 0 Å². The van der Waals surface area contributed by atoms with Gasteiger partial charge in [-0.05, 0) is 38.3 Å². The molecule has 0 unspecified atom stereocenters. The zero-order chi connectivity index (χ0) is 20.1. The number of ether oxygens (including phenoxy) is 1. The summed E-state index contributed by atoms with van der Waals surface area (Å²) in [7, 11) is 0. The molecule has 1 aliphatic carbocycles. The van der Waals surface area contributed by atoms with Crippen LogP contribution in [0.1, 0.15) is 54.6 Å². The third kappa shape index (κ3) is 4.35. The number of carboxylic acid groups (broad SMARTS) is 1. The van der Waals surface area contributed by atoms with Crippen LogP contribution in [-0.4, -0.2) is 35.1 Å². The predicted octanol–water partition coefficient (Wildman–Crippen LogP) is 3.29. The van der Waals surface area contributed by atoms with E-state index in [1.165, 1.54) is 6.42 Å². The lowest BCUT2D eigenvalue weighted by Crippen LogP contribution is -2.33. The zero-order valence-corrected chi connectivity index (χ0v) is 16.2. The van der Waals surface area contributed by atoms with Gasteiger partial charge in [-0.3, -0.25) is 9.78 Å². The normalized spacial score (nSPS) is 14.8. The molecule has 150 valence electrons. The highest BCUT2D eigenvalue weighted by Gasteiger charge is 2.21. The highest BCUT2D eigenvalue weighted by atomic mass is 16.5. The summed E-state index contributed by atoms with van der Waals surface area (Å²) in [5, 5.41) is 12.9. The third-order valence-corrected chi connectivity index (χ3v) is 5.26. The van der Waals surface area contributed by atoms with E-state index < -0.39 is 5.97 Å². The van der Waals surface area contributed by atoms with Crippen molar-refractivity contribution in [3.63, 3.8) is 0 Å². The summed E-state index contributed by atoms with van der Waals surface area (Å²) in [5.74, 6) is -0.315. The van der Waals surface area contributed by atoms with Crippen molar-refractivity contribution in [1.82, 2.24) is 10.3 Å². The number of carbonyl (C=O) groups is 2. The monoisotopic (exact) mass is 385 g/mol. The number of amides is 1. The summed E-state index contributed by atoms with van der Waals surface area (Å²) in [4.78, 5) is 28.0. The quantitative estimate of drug-likeness (QED) is 0.630. The number of nitrogens with two attached hydrogens (primary N) is 1. The number of carboxylic acids is 1. The van der Waals surface area contributed by atoms with Gasteiger partial charge in [0.05, 0.1) is 28.9 Å². The molecule has 0 saturated heterocycles. The van der Waals surface area contributed by atoms with E-state index in [0.29, 0.717) is 41.9 Å². The topological polar surface area (TPSA) is 115 Å². The Morgan fingerprint density at radius 2 is 2.04 bits per heavy atom. The summed E-state index contributed by atoms with van der Waals surface area (Å²) < 4.78 is 5.84.